The van der Waals surface area contributed by atoms with Crippen molar-refractivity contribution in [3.05, 3.63) is 29.8 Å². The predicted molar refractivity (Wildman–Crippen MR) is 124 cm³/mol. The van der Waals surface area contributed by atoms with Crippen molar-refractivity contribution in [1.82, 2.24) is 20.4 Å². The van der Waals surface area contributed by atoms with Crippen LogP contribution in [0.15, 0.2) is 29.3 Å². The lowest BCUT2D eigenvalue weighted by Gasteiger charge is -2.29. The number of nitrogens with one attached hydrogen (secondary N) is 2. The van der Waals surface area contributed by atoms with Gasteiger partial charge in [-0.05, 0) is 70.7 Å². The molecule has 1 unspecified atom stereocenters. The van der Waals surface area contributed by atoms with E-state index in [4.69, 9.17) is 4.74 Å². The monoisotopic (exact) mass is 489 g/mol. The molecule has 0 spiro atoms. The van der Waals surface area contributed by atoms with Crippen LogP contribution in [0.25, 0.3) is 0 Å². The predicted octanol–water partition coefficient (Wildman–Crippen LogP) is 2.57. The summed E-state index contributed by atoms with van der Waals surface area (Å²) in [6.45, 7) is 5.13. The molecule has 0 bridgehead atoms. The molecule has 0 saturated carbocycles. The van der Waals surface area contributed by atoms with Crippen molar-refractivity contribution in [1.29, 1.82) is 0 Å². The van der Waals surface area contributed by atoms with Crippen molar-refractivity contribution in [2.24, 2.45) is 4.99 Å². The maximum absolute atomic E-state index is 5.42. The first-order chi connectivity index (χ1) is 12.6. The summed E-state index contributed by atoms with van der Waals surface area (Å²) in [5.74, 6) is 1.79. The summed E-state index contributed by atoms with van der Waals surface area (Å²) in [5, 5.41) is 6.93. The molecule has 1 fully saturated rings. The van der Waals surface area contributed by atoms with Gasteiger partial charge in [0.2, 0.25) is 0 Å². The highest BCUT2D eigenvalue weighted by Crippen LogP contribution is 2.27. The molecule has 1 aromatic rings. The molecule has 0 aromatic heterocycles. The van der Waals surface area contributed by atoms with E-state index in [1.54, 1.807) is 7.11 Å². The number of hydrogen-bond acceptors (Lipinski definition) is 4. The summed E-state index contributed by atoms with van der Waals surface area (Å²) in [5.41, 5.74) is 1.29. The van der Waals surface area contributed by atoms with Gasteiger partial charge in [-0.25, -0.2) is 0 Å². The topological polar surface area (TPSA) is 52.1 Å². The molecular weight excluding hydrogens is 453 g/mol. The number of halogens is 1. The average Bonchev–Trinajstić information content (AvgIpc) is 3.18. The Kier molecular flexibility index (Phi) is 11.7. The average molecular weight is 489 g/mol. The van der Waals surface area contributed by atoms with Crippen LogP contribution in [0.2, 0.25) is 0 Å². The minimum atomic E-state index is 0. The first-order valence-corrected chi connectivity index (χ1v) is 9.61. The van der Waals surface area contributed by atoms with E-state index in [1.807, 2.05) is 13.1 Å². The van der Waals surface area contributed by atoms with Crippen molar-refractivity contribution >= 4 is 29.9 Å². The second-order valence-electron chi connectivity index (χ2n) is 7.07. The molecule has 1 aromatic carbocycles. The number of nitrogens with zero attached hydrogens (tertiary/aromatic N) is 3. The van der Waals surface area contributed by atoms with Gasteiger partial charge in [-0.2, -0.15) is 0 Å². The zero-order chi connectivity index (χ0) is 18.8. The molecule has 6 nitrogen and oxygen atoms in total. The van der Waals surface area contributed by atoms with Crippen molar-refractivity contribution in [2.45, 2.75) is 25.3 Å². The fourth-order valence-corrected chi connectivity index (χ4v) is 3.38. The van der Waals surface area contributed by atoms with E-state index in [0.717, 1.165) is 50.9 Å². The van der Waals surface area contributed by atoms with Gasteiger partial charge in [-0.3, -0.25) is 9.89 Å². The SMILES string of the molecule is CN=C(NCCCN(C)C)NCC(c1cccc(OC)c1)N1CCCC1.I. The summed E-state index contributed by atoms with van der Waals surface area (Å²) in [6, 6.07) is 8.75. The van der Waals surface area contributed by atoms with Crippen molar-refractivity contribution in [3.63, 3.8) is 0 Å². The van der Waals surface area contributed by atoms with E-state index in [-0.39, 0.29) is 24.0 Å². The normalized spacial score (nSPS) is 16.1. The Labute approximate surface area is 181 Å². The Bertz CT molecular complexity index is 561. The zero-order valence-electron chi connectivity index (χ0n) is 17.2. The number of benzene rings is 1. The lowest BCUT2D eigenvalue weighted by Crippen LogP contribution is -2.43. The zero-order valence-corrected chi connectivity index (χ0v) is 19.5. The van der Waals surface area contributed by atoms with E-state index in [1.165, 1.54) is 18.4 Å². The van der Waals surface area contributed by atoms with Gasteiger partial charge < -0.3 is 20.3 Å². The third kappa shape index (κ3) is 8.23. The summed E-state index contributed by atoms with van der Waals surface area (Å²) in [7, 11) is 7.75. The van der Waals surface area contributed by atoms with Crippen LogP contribution in [0, 0.1) is 0 Å². The number of hydrogen-bond donors (Lipinski definition) is 2. The van der Waals surface area contributed by atoms with Crippen molar-refractivity contribution in [3.8, 4) is 5.75 Å². The third-order valence-corrected chi connectivity index (χ3v) is 4.82. The molecule has 1 aliphatic heterocycles. The van der Waals surface area contributed by atoms with Crippen LogP contribution >= 0.6 is 24.0 Å². The number of aliphatic imine (C=N–C) groups is 1. The van der Waals surface area contributed by atoms with Gasteiger partial charge in [0.15, 0.2) is 5.96 Å². The molecule has 7 heteroatoms. The first kappa shape index (κ1) is 24.0. The molecule has 1 heterocycles. The Hall–Kier alpha value is -1.06. The minimum absolute atomic E-state index is 0. The van der Waals surface area contributed by atoms with Crippen LogP contribution in [-0.4, -0.2) is 76.7 Å². The van der Waals surface area contributed by atoms with Crippen molar-refractivity contribution in [2.75, 3.05) is 61.0 Å². The Morgan fingerprint density at radius 1 is 1.26 bits per heavy atom. The van der Waals surface area contributed by atoms with Gasteiger partial charge in [0, 0.05) is 20.1 Å². The van der Waals surface area contributed by atoms with E-state index >= 15 is 0 Å². The largest absolute Gasteiger partial charge is 0.497 e. The second-order valence-corrected chi connectivity index (χ2v) is 7.07. The Balaban J connectivity index is 0.00000364. The summed E-state index contributed by atoms with van der Waals surface area (Å²) >= 11 is 0. The van der Waals surface area contributed by atoms with Crippen LogP contribution < -0.4 is 15.4 Å². The van der Waals surface area contributed by atoms with Crippen molar-refractivity contribution < 1.29 is 4.74 Å². The van der Waals surface area contributed by atoms with Crippen LogP contribution in [0.5, 0.6) is 5.75 Å². The van der Waals surface area contributed by atoms with Crippen LogP contribution in [-0.2, 0) is 0 Å². The van der Waals surface area contributed by atoms with Gasteiger partial charge in [0.25, 0.3) is 0 Å². The molecule has 1 atom stereocenters. The molecule has 2 N–H and O–H groups in total. The van der Waals surface area contributed by atoms with Gasteiger partial charge in [0.1, 0.15) is 5.75 Å². The molecular formula is C20H36IN5O. The Morgan fingerprint density at radius 3 is 2.63 bits per heavy atom. The molecule has 27 heavy (non-hydrogen) atoms. The standard InChI is InChI=1S/C20H35N5O.HI/c1-21-20(22-11-8-12-24(2)3)23-16-19(25-13-5-6-14-25)17-9-7-10-18(15-17)26-4;/h7,9-10,15,19H,5-6,8,11-14,16H2,1-4H3,(H2,21,22,23);1H. The van der Waals surface area contributed by atoms with Gasteiger partial charge in [0.05, 0.1) is 13.2 Å². The van der Waals surface area contributed by atoms with Gasteiger partial charge in [-0.1, -0.05) is 12.1 Å². The molecule has 0 aliphatic carbocycles. The highest BCUT2D eigenvalue weighted by Gasteiger charge is 2.24. The smallest absolute Gasteiger partial charge is 0.191 e. The van der Waals surface area contributed by atoms with Crippen LogP contribution in [0.4, 0.5) is 0 Å². The van der Waals surface area contributed by atoms with Gasteiger partial charge >= 0.3 is 0 Å². The lowest BCUT2D eigenvalue weighted by molar-refractivity contribution is 0.245. The molecule has 0 amide bonds. The maximum atomic E-state index is 5.42. The van der Waals surface area contributed by atoms with Crippen LogP contribution in [0.1, 0.15) is 30.9 Å². The van der Waals surface area contributed by atoms with Gasteiger partial charge in [-0.15, -0.1) is 24.0 Å². The number of methoxy groups -OCH3 is 1. The van der Waals surface area contributed by atoms with Crippen LogP contribution in [0.3, 0.4) is 0 Å². The molecule has 1 aliphatic rings. The summed E-state index contributed by atoms with van der Waals surface area (Å²) in [4.78, 5) is 9.12. The number of rotatable bonds is 9. The second kappa shape index (κ2) is 13.2. The Morgan fingerprint density at radius 2 is 2.00 bits per heavy atom. The highest BCUT2D eigenvalue weighted by molar-refractivity contribution is 14.0. The minimum Gasteiger partial charge on any atom is -0.497 e. The van der Waals surface area contributed by atoms with E-state index in [9.17, 15) is 0 Å². The number of likely N-dealkylation sites (tertiary alicyclic amines) is 1. The molecule has 0 radical (unpaired) electrons. The summed E-state index contributed by atoms with van der Waals surface area (Å²) < 4.78 is 5.42. The summed E-state index contributed by atoms with van der Waals surface area (Å²) in [6.07, 6.45) is 3.65. The molecule has 1 saturated heterocycles. The van der Waals surface area contributed by atoms with E-state index in [0.29, 0.717) is 6.04 Å². The molecule has 154 valence electrons. The third-order valence-electron chi connectivity index (χ3n) is 4.82. The maximum Gasteiger partial charge on any atom is 0.191 e. The molecule has 2 rings (SSSR count). The van der Waals surface area contributed by atoms with E-state index < -0.39 is 0 Å². The number of guanidine groups is 1. The quantitative estimate of drug-likeness (QED) is 0.242. The fraction of sp³-hybridized carbons (Fsp3) is 0.650. The first-order valence-electron chi connectivity index (χ1n) is 9.61. The fourth-order valence-electron chi connectivity index (χ4n) is 3.38. The number of ether oxygens (including phenoxy) is 1. The highest BCUT2D eigenvalue weighted by atomic mass is 127. The lowest BCUT2D eigenvalue weighted by atomic mass is 10.1. The van der Waals surface area contributed by atoms with E-state index in [2.05, 4.69) is 57.7 Å².